The van der Waals surface area contributed by atoms with Crippen molar-refractivity contribution in [2.75, 3.05) is 19.8 Å². The number of rotatable bonds is 6. The van der Waals surface area contributed by atoms with Crippen LogP contribution in [0.25, 0.3) is 9.75 Å². The summed E-state index contributed by atoms with van der Waals surface area (Å²) in [7, 11) is -3.77. The second-order valence-corrected chi connectivity index (χ2v) is 9.68. The van der Waals surface area contributed by atoms with Crippen molar-refractivity contribution >= 4 is 32.7 Å². The third-order valence-corrected chi connectivity index (χ3v) is 7.68. The number of thiophene rings is 2. The zero-order chi connectivity index (χ0) is 18.9. The fourth-order valence-corrected chi connectivity index (χ4v) is 5.53. The van der Waals surface area contributed by atoms with E-state index in [2.05, 4.69) is 4.72 Å². The molecule has 0 radical (unpaired) electrons. The van der Waals surface area contributed by atoms with Crippen molar-refractivity contribution in [1.82, 2.24) is 4.72 Å². The highest BCUT2D eigenvalue weighted by atomic mass is 32.2. The quantitative estimate of drug-likeness (QED) is 0.636. The summed E-state index contributed by atoms with van der Waals surface area (Å²) in [6.07, 6.45) is -0.921. The van der Waals surface area contributed by atoms with Gasteiger partial charge in [-0.25, -0.2) is 13.1 Å². The Morgan fingerprint density at radius 1 is 1.07 bits per heavy atom. The van der Waals surface area contributed by atoms with E-state index in [0.717, 1.165) is 9.75 Å². The van der Waals surface area contributed by atoms with E-state index in [9.17, 15) is 13.5 Å². The maximum absolute atomic E-state index is 12.5. The Bertz CT molecular complexity index is 1030. The zero-order valence-electron chi connectivity index (χ0n) is 14.1. The normalized spacial score (nSPS) is 14.9. The molecule has 0 fully saturated rings. The van der Waals surface area contributed by atoms with Crippen molar-refractivity contribution in [2.24, 2.45) is 0 Å². The fourth-order valence-electron chi connectivity index (χ4n) is 2.65. The zero-order valence-corrected chi connectivity index (χ0v) is 16.6. The number of nitrogens with one attached hydrogen (secondary N) is 1. The number of sulfonamides is 1. The van der Waals surface area contributed by atoms with E-state index in [1.165, 1.54) is 23.5 Å². The molecule has 3 heterocycles. The number of aliphatic hydroxyl groups excluding tert-OH is 1. The molecule has 0 spiro atoms. The monoisotopic (exact) mass is 423 g/mol. The Morgan fingerprint density at radius 3 is 2.67 bits per heavy atom. The average molecular weight is 424 g/mol. The van der Waals surface area contributed by atoms with Crippen LogP contribution < -0.4 is 14.2 Å². The molecule has 1 aliphatic rings. The predicted molar refractivity (Wildman–Crippen MR) is 105 cm³/mol. The van der Waals surface area contributed by atoms with E-state index in [1.54, 1.807) is 17.4 Å². The minimum absolute atomic E-state index is 0.0735. The highest BCUT2D eigenvalue weighted by molar-refractivity contribution is 7.89. The Balaban J connectivity index is 1.44. The van der Waals surface area contributed by atoms with Gasteiger partial charge in [0.25, 0.3) is 0 Å². The first-order valence-electron chi connectivity index (χ1n) is 8.24. The number of fused-ring (bicyclic) bond motifs is 1. The van der Waals surface area contributed by atoms with E-state index in [-0.39, 0.29) is 11.4 Å². The van der Waals surface area contributed by atoms with Gasteiger partial charge in [-0.1, -0.05) is 6.07 Å². The summed E-state index contributed by atoms with van der Waals surface area (Å²) in [6.45, 7) is 0.715. The first-order chi connectivity index (χ1) is 13.0. The van der Waals surface area contributed by atoms with Gasteiger partial charge in [0, 0.05) is 27.2 Å². The van der Waals surface area contributed by atoms with Gasteiger partial charge in [-0.15, -0.1) is 22.7 Å². The smallest absolute Gasteiger partial charge is 0.240 e. The lowest BCUT2D eigenvalue weighted by Crippen LogP contribution is -2.28. The molecule has 2 aromatic heterocycles. The summed E-state index contributed by atoms with van der Waals surface area (Å²) in [5, 5.41) is 12.4. The topological polar surface area (TPSA) is 84.9 Å². The molecular formula is C18H17NO5S3. The van der Waals surface area contributed by atoms with Crippen LogP contribution in [0.5, 0.6) is 11.5 Å². The van der Waals surface area contributed by atoms with Crippen LogP contribution in [0, 0.1) is 0 Å². The Hall–Kier alpha value is -1.91. The van der Waals surface area contributed by atoms with Gasteiger partial charge in [-0.05, 0) is 35.7 Å². The van der Waals surface area contributed by atoms with Crippen molar-refractivity contribution < 1.29 is 23.0 Å². The van der Waals surface area contributed by atoms with Crippen molar-refractivity contribution in [2.45, 2.75) is 11.0 Å². The molecule has 6 nitrogen and oxygen atoms in total. The van der Waals surface area contributed by atoms with Crippen LogP contribution >= 0.6 is 22.7 Å². The second kappa shape index (κ2) is 7.61. The molecule has 1 aromatic carbocycles. The van der Waals surface area contributed by atoms with Crippen molar-refractivity contribution in [3.63, 3.8) is 0 Å². The Kier molecular flexibility index (Phi) is 5.20. The van der Waals surface area contributed by atoms with E-state index < -0.39 is 16.1 Å². The molecule has 1 atom stereocenters. The molecule has 0 unspecified atom stereocenters. The van der Waals surface area contributed by atoms with Crippen LogP contribution in [0.3, 0.4) is 0 Å². The summed E-state index contributed by atoms with van der Waals surface area (Å²) < 4.78 is 38.4. The van der Waals surface area contributed by atoms with Crippen molar-refractivity contribution in [3.8, 4) is 21.3 Å². The summed E-state index contributed by atoms with van der Waals surface area (Å²) in [5.41, 5.74) is 0. The molecule has 0 saturated heterocycles. The number of hydrogen-bond acceptors (Lipinski definition) is 7. The Morgan fingerprint density at radius 2 is 1.89 bits per heavy atom. The SMILES string of the molecule is O=S(=O)(NC[C@@H](O)c1ccc(-c2cccs2)s1)c1ccc2c(c1)OCCO2. The van der Waals surface area contributed by atoms with E-state index >= 15 is 0 Å². The van der Waals surface area contributed by atoms with Crippen LogP contribution in [0.4, 0.5) is 0 Å². The fraction of sp³-hybridized carbons (Fsp3) is 0.222. The second-order valence-electron chi connectivity index (χ2n) is 5.85. The molecule has 0 amide bonds. The van der Waals surface area contributed by atoms with Gasteiger partial charge in [0.15, 0.2) is 11.5 Å². The van der Waals surface area contributed by atoms with Gasteiger partial charge in [-0.3, -0.25) is 0 Å². The lowest BCUT2D eigenvalue weighted by molar-refractivity contribution is 0.171. The molecule has 3 aromatic rings. The molecule has 27 heavy (non-hydrogen) atoms. The summed E-state index contributed by atoms with van der Waals surface area (Å²) in [6, 6.07) is 12.2. The van der Waals surface area contributed by atoms with Gasteiger partial charge in [0.1, 0.15) is 19.3 Å². The summed E-state index contributed by atoms with van der Waals surface area (Å²) in [5.74, 6) is 0.934. The van der Waals surface area contributed by atoms with Crippen molar-refractivity contribution in [1.29, 1.82) is 0 Å². The minimum atomic E-state index is -3.77. The highest BCUT2D eigenvalue weighted by Gasteiger charge is 2.21. The van der Waals surface area contributed by atoms with Gasteiger partial charge < -0.3 is 14.6 Å². The molecule has 9 heteroatoms. The Labute approximate surface area is 165 Å². The molecule has 0 saturated carbocycles. The largest absolute Gasteiger partial charge is 0.486 e. The standard InChI is InChI=1S/C18H17NO5S3/c20-13(16-5-6-18(26-16)17-2-1-9-25-17)11-19-27(21,22)12-3-4-14-15(10-12)24-8-7-23-14/h1-6,9-10,13,19-20H,7-8,11H2/t13-/m1/s1. The first kappa shape index (κ1) is 18.5. The molecule has 2 N–H and O–H groups in total. The van der Waals surface area contributed by atoms with Crippen LogP contribution in [0.2, 0.25) is 0 Å². The van der Waals surface area contributed by atoms with Gasteiger partial charge in [0.2, 0.25) is 10.0 Å². The minimum Gasteiger partial charge on any atom is -0.486 e. The number of ether oxygens (including phenoxy) is 2. The average Bonchev–Trinajstić information content (AvgIpc) is 3.37. The van der Waals surface area contributed by atoms with Crippen LogP contribution in [-0.2, 0) is 10.0 Å². The number of aliphatic hydroxyl groups is 1. The maximum Gasteiger partial charge on any atom is 0.240 e. The maximum atomic E-state index is 12.5. The molecular weight excluding hydrogens is 406 g/mol. The molecule has 0 aliphatic carbocycles. The van der Waals surface area contributed by atoms with Gasteiger partial charge in [-0.2, -0.15) is 0 Å². The molecule has 0 bridgehead atoms. The third kappa shape index (κ3) is 4.02. The van der Waals surface area contributed by atoms with E-state index in [4.69, 9.17) is 9.47 Å². The lowest BCUT2D eigenvalue weighted by Gasteiger charge is -2.19. The summed E-state index contributed by atoms with van der Waals surface area (Å²) >= 11 is 3.08. The van der Waals surface area contributed by atoms with Crippen LogP contribution in [0.15, 0.2) is 52.7 Å². The third-order valence-electron chi connectivity index (χ3n) is 4.01. The first-order valence-corrected chi connectivity index (χ1v) is 11.4. The molecule has 1 aliphatic heterocycles. The number of benzene rings is 1. The molecule has 4 rings (SSSR count). The molecule has 142 valence electrons. The van der Waals surface area contributed by atoms with Crippen LogP contribution in [-0.4, -0.2) is 33.3 Å². The van der Waals surface area contributed by atoms with E-state index in [1.807, 2.05) is 29.6 Å². The number of hydrogen-bond donors (Lipinski definition) is 2. The van der Waals surface area contributed by atoms with Crippen molar-refractivity contribution in [3.05, 3.63) is 52.7 Å². The predicted octanol–water partition coefficient (Wildman–Crippen LogP) is 3.26. The van der Waals surface area contributed by atoms with Gasteiger partial charge >= 0.3 is 0 Å². The van der Waals surface area contributed by atoms with E-state index in [0.29, 0.717) is 29.6 Å². The summed E-state index contributed by atoms with van der Waals surface area (Å²) in [4.78, 5) is 2.96. The highest BCUT2D eigenvalue weighted by Crippen LogP contribution is 2.34. The van der Waals surface area contributed by atoms with Gasteiger partial charge in [0.05, 0.1) is 4.90 Å². The van der Waals surface area contributed by atoms with Crippen LogP contribution in [0.1, 0.15) is 11.0 Å². The lowest BCUT2D eigenvalue weighted by atomic mass is 10.3.